The Bertz CT molecular complexity index is 594. The number of furan rings is 1. The van der Waals surface area contributed by atoms with Crippen molar-refractivity contribution in [3.05, 3.63) is 29.2 Å². The number of hydrogen-bond donors (Lipinski definition) is 1. The first-order valence-corrected chi connectivity index (χ1v) is 8.13. The lowest BCUT2D eigenvalue weighted by Gasteiger charge is -2.21. The summed E-state index contributed by atoms with van der Waals surface area (Å²) in [5.74, 6) is 1.26. The minimum Gasteiger partial charge on any atom is -0.468 e. The van der Waals surface area contributed by atoms with Gasteiger partial charge in [0.1, 0.15) is 10.8 Å². The Balaban J connectivity index is 1.85. The topological polar surface area (TPSA) is 71.3 Å². The molecular formula is C15H22N4O2S. The summed E-state index contributed by atoms with van der Waals surface area (Å²) < 4.78 is 5.36. The van der Waals surface area contributed by atoms with E-state index in [0.717, 1.165) is 17.2 Å². The zero-order chi connectivity index (χ0) is 16.1. The van der Waals surface area contributed by atoms with E-state index in [4.69, 9.17) is 4.42 Å². The number of rotatable bonds is 7. The van der Waals surface area contributed by atoms with Crippen LogP contribution in [0.15, 0.2) is 22.8 Å². The van der Waals surface area contributed by atoms with E-state index in [0.29, 0.717) is 11.0 Å². The second kappa shape index (κ2) is 7.51. The average molecular weight is 322 g/mol. The molecule has 2 heterocycles. The molecule has 6 nitrogen and oxygen atoms in total. The van der Waals surface area contributed by atoms with Crippen molar-refractivity contribution in [1.82, 2.24) is 15.1 Å². The maximum atomic E-state index is 12.1. The van der Waals surface area contributed by atoms with E-state index in [2.05, 4.69) is 29.4 Å². The van der Waals surface area contributed by atoms with Crippen LogP contribution in [0.5, 0.6) is 0 Å². The van der Waals surface area contributed by atoms with Crippen LogP contribution in [0.2, 0.25) is 0 Å². The number of aromatic nitrogens is 2. The van der Waals surface area contributed by atoms with Crippen molar-refractivity contribution in [1.29, 1.82) is 0 Å². The second-order valence-electron chi connectivity index (χ2n) is 5.75. The van der Waals surface area contributed by atoms with Crippen LogP contribution in [0.4, 0.5) is 5.13 Å². The summed E-state index contributed by atoms with van der Waals surface area (Å²) in [6.45, 7) is 6.52. The summed E-state index contributed by atoms with van der Waals surface area (Å²) in [6.07, 6.45) is 2.51. The van der Waals surface area contributed by atoms with Gasteiger partial charge in [0.25, 0.3) is 0 Å². The number of anilines is 1. The van der Waals surface area contributed by atoms with Gasteiger partial charge in [-0.1, -0.05) is 25.2 Å². The number of hydrogen-bond acceptors (Lipinski definition) is 6. The van der Waals surface area contributed by atoms with Crippen molar-refractivity contribution < 1.29 is 9.21 Å². The number of likely N-dealkylation sites (N-methyl/N-ethyl adjacent to an activating group) is 1. The van der Waals surface area contributed by atoms with Crippen molar-refractivity contribution in [2.75, 3.05) is 18.9 Å². The summed E-state index contributed by atoms with van der Waals surface area (Å²) in [7, 11) is 1.89. The molecule has 0 aromatic carbocycles. The summed E-state index contributed by atoms with van der Waals surface area (Å²) >= 11 is 1.43. The zero-order valence-corrected chi connectivity index (χ0v) is 14.2. The molecule has 0 spiro atoms. The Morgan fingerprint density at radius 1 is 1.41 bits per heavy atom. The molecular weight excluding hydrogens is 300 g/mol. The van der Waals surface area contributed by atoms with E-state index in [1.807, 2.05) is 31.0 Å². The van der Waals surface area contributed by atoms with Gasteiger partial charge in [-0.05, 0) is 32.0 Å². The third-order valence-electron chi connectivity index (χ3n) is 3.31. The molecule has 0 aliphatic carbocycles. The van der Waals surface area contributed by atoms with E-state index in [-0.39, 0.29) is 18.5 Å². The Morgan fingerprint density at radius 2 is 2.18 bits per heavy atom. The largest absolute Gasteiger partial charge is 0.468 e. The minimum absolute atomic E-state index is 0.0340. The Labute approximate surface area is 134 Å². The molecule has 0 saturated carbocycles. The number of amides is 1. The van der Waals surface area contributed by atoms with Crippen LogP contribution in [0.1, 0.15) is 37.6 Å². The standard InChI is InChI=1S/C15H22N4O2S/c1-10(2)8-14-17-18-15(22-14)16-13(20)9-19(4)11(3)12-6-5-7-21-12/h5-7,10-11H,8-9H2,1-4H3,(H,16,18,20)/t11-/m1/s1. The molecule has 7 heteroatoms. The van der Waals surface area contributed by atoms with Gasteiger partial charge in [-0.25, -0.2) is 0 Å². The zero-order valence-electron chi connectivity index (χ0n) is 13.4. The molecule has 0 saturated heterocycles. The summed E-state index contributed by atoms with van der Waals surface area (Å²) in [4.78, 5) is 14.0. The Kier molecular flexibility index (Phi) is 5.68. The van der Waals surface area contributed by atoms with Crippen LogP contribution >= 0.6 is 11.3 Å². The second-order valence-corrected chi connectivity index (χ2v) is 6.82. The van der Waals surface area contributed by atoms with Gasteiger partial charge in [-0.3, -0.25) is 15.0 Å². The molecule has 0 aliphatic heterocycles. The minimum atomic E-state index is -0.104. The first kappa shape index (κ1) is 16.6. The maximum Gasteiger partial charge on any atom is 0.240 e. The third-order valence-corrected chi connectivity index (χ3v) is 4.17. The molecule has 0 aliphatic rings. The van der Waals surface area contributed by atoms with Gasteiger partial charge < -0.3 is 4.42 Å². The van der Waals surface area contributed by atoms with Crippen LogP contribution in [0.3, 0.4) is 0 Å². The van der Waals surface area contributed by atoms with Crippen LogP contribution in [0, 0.1) is 5.92 Å². The lowest BCUT2D eigenvalue weighted by atomic mass is 10.1. The Morgan fingerprint density at radius 3 is 2.82 bits per heavy atom. The van der Waals surface area contributed by atoms with Gasteiger partial charge in [0.05, 0.1) is 18.8 Å². The van der Waals surface area contributed by atoms with E-state index in [9.17, 15) is 4.79 Å². The van der Waals surface area contributed by atoms with E-state index >= 15 is 0 Å². The summed E-state index contributed by atoms with van der Waals surface area (Å²) in [5, 5.41) is 12.4. The average Bonchev–Trinajstić information content (AvgIpc) is 3.08. The van der Waals surface area contributed by atoms with Crippen LogP contribution < -0.4 is 5.32 Å². The normalized spacial score (nSPS) is 12.8. The third kappa shape index (κ3) is 4.64. The van der Waals surface area contributed by atoms with Crippen LogP contribution in [-0.4, -0.2) is 34.6 Å². The molecule has 1 amide bonds. The van der Waals surface area contributed by atoms with E-state index in [1.165, 1.54) is 11.3 Å². The van der Waals surface area contributed by atoms with Crippen molar-refractivity contribution >= 4 is 22.4 Å². The number of nitrogens with one attached hydrogen (secondary N) is 1. The highest BCUT2D eigenvalue weighted by Crippen LogP contribution is 2.20. The predicted octanol–water partition coefficient (Wildman–Crippen LogP) is 2.96. The van der Waals surface area contributed by atoms with Crippen molar-refractivity contribution in [2.45, 2.75) is 33.2 Å². The first-order valence-electron chi connectivity index (χ1n) is 7.31. The van der Waals surface area contributed by atoms with Gasteiger partial charge in [0.15, 0.2) is 0 Å². The van der Waals surface area contributed by atoms with E-state index in [1.54, 1.807) is 6.26 Å². The summed E-state index contributed by atoms with van der Waals surface area (Å²) in [5.41, 5.74) is 0. The van der Waals surface area contributed by atoms with Gasteiger partial charge in [0, 0.05) is 6.42 Å². The lowest BCUT2D eigenvalue weighted by Crippen LogP contribution is -2.32. The quantitative estimate of drug-likeness (QED) is 0.848. The van der Waals surface area contributed by atoms with Gasteiger partial charge in [-0.2, -0.15) is 0 Å². The molecule has 120 valence electrons. The molecule has 0 bridgehead atoms. The fraction of sp³-hybridized carbons (Fsp3) is 0.533. The lowest BCUT2D eigenvalue weighted by molar-refractivity contribution is -0.117. The van der Waals surface area contributed by atoms with E-state index < -0.39 is 0 Å². The van der Waals surface area contributed by atoms with Gasteiger partial charge in [0.2, 0.25) is 11.0 Å². The fourth-order valence-corrected chi connectivity index (χ4v) is 2.97. The molecule has 1 atom stereocenters. The predicted molar refractivity (Wildman–Crippen MR) is 86.8 cm³/mol. The fourth-order valence-electron chi connectivity index (χ4n) is 2.00. The molecule has 1 N–H and O–H groups in total. The molecule has 22 heavy (non-hydrogen) atoms. The van der Waals surface area contributed by atoms with Gasteiger partial charge >= 0.3 is 0 Å². The van der Waals surface area contributed by atoms with Gasteiger partial charge in [-0.15, -0.1) is 10.2 Å². The highest BCUT2D eigenvalue weighted by atomic mass is 32.1. The SMILES string of the molecule is CC(C)Cc1nnc(NC(=O)CN(C)[C@H](C)c2ccco2)s1. The maximum absolute atomic E-state index is 12.1. The smallest absolute Gasteiger partial charge is 0.240 e. The number of nitrogens with zero attached hydrogens (tertiary/aromatic N) is 3. The molecule has 0 radical (unpaired) electrons. The molecule has 2 aromatic heterocycles. The molecule has 2 aromatic rings. The van der Waals surface area contributed by atoms with Crippen LogP contribution in [-0.2, 0) is 11.2 Å². The van der Waals surface area contributed by atoms with Crippen molar-refractivity contribution in [3.63, 3.8) is 0 Å². The van der Waals surface area contributed by atoms with Crippen molar-refractivity contribution in [2.24, 2.45) is 5.92 Å². The highest BCUT2D eigenvalue weighted by Gasteiger charge is 2.18. The molecule has 2 rings (SSSR count). The monoisotopic (exact) mass is 322 g/mol. The van der Waals surface area contributed by atoms with Crippen LogP contribution in [0.25, 0.3) is 0 Å². The first-order chi connectivity index (χ1) is 10.5. The molecule has 0 fully saturated rings. The summed E-state index contributed by atoms with van der Waals surface area (Å²) in [6, 6.07) is 3.78. The van der Waals surface area contributed by atoms with Crippen molar-refractivity contribution in [3.8, 4) is 0 Å². The number of carbonyl (C=O) groups excluding carboxylic acids is 1. The Hall–Kier alpha value is -1.73. The highest BCUT2D eigenvalue weighted by molar-refractivity contribution is 7.15. The molecule has 0 unspecified atom stereocenters. The number of carbonyl (C=O) groups is 1.